The van der Waals surface area contributed by atoms with E-state index in [1.807, 2.05) is 25.1 Å². The quantitative estimate of drug-likeness (QED) is 0.569. The topological polar surface area (TPSA) is 66.4 Å². The number of carbonyl (C=O) groups excluding carboxylic acids is 1. The third-order valence-corrected chi connectivity index (χ3v) is 4.03. The molecular weight excluding hydrogens is 357 g/mol. The van der Waals surface area contributed by atoms with E-state index < -0.39 is 5.97 Å². The Balaban J connectivity index is 2.32. The number of amides is 1. The van der Waals surface area contributed by atoms with Crippen LogP contribution in [0.4, 0.5) is 0 Å². The molecular formula is C14H18INO3. The van der Waals surface area contributed by atoms with Crippen LogP contribution in [-0.2, 0) is 4.79 Å². The van der Waals surface area contributed by atoms with Gasteiger partial charge in [-0.1, -0.05) is 12.5 Å². The Hall–Kier alpha value is -1.11. The number of benzene rings is 1. The van der Waals surface area contributed by atoms with Gasteiger partial charge in [0.05, 0.1) is 0 Å². The fourth-order valence-corrected chi connectivity index (χ4v) is 2.23. The molecule has 0 spiro atoms. The maximum absolute atomic E-state index is 12.0. The first-order valence-electron chi connectivity index (χ1n) is 6.27. The molecule has 2 N–H and O–H groups in total. The predicted molar refractivity (Wildman–Crippen MR) is 82.3 cm³/mol. The highest BCUT2D eigenvalue weighted by Gasteiger charge is 2.09. The van der Waals surface area contributed by atoms with Crippen LogP contribution in [0.2, 0.25) is 0 Å². The minimum atomic E-state index is -0.765. The van der Waals surface area contributed by atoms with Crippen molar-refractivity contribution in [2.45, 2.75) is 32.6 Å². The maximum Gasteiger partial charge on any atom is 0.303 e. The molecule has 0 fully saturated rings. The van der Waals surface area contributed by atoms with Crippen molar-refractivity contribution in [2.24, 2.45) is 0 Å². The fraction of sp³-hybridized carbons (Fsp3) is 0.429. The molecule has 4 nitrogen and oxygen atoms in total. The zero-order chi connectivity index (χ0) is 14.3. The highest BCUT2D eigenvalue weighted by molar-refractivity contribution is 14.1. The molecule has 0 atom stereocenters. The van der Waals surface area contributed by atoms with Crippen LogP contribution >= 0.6 is 22.6 Å². The van der Waals surface area contributed by atoms with E-state index in [0.717, 1.165) is 22.0 Å². The van der Waals surface area contributed by atoms with E-state index in [2.05, 4.69) is 27.9 Å². The van der Waals surface area contributed by atoms with E-state index in [1.165, 1.54) is 0 Å². The summed E-state index contributed by atoms with van der Waals surface area (Å²) in [6, 6.07) is 5.66. The molecule has 1 rings (SSSR count). The summed E-state index contributed by atoms with van der Waals surface area (Å²) in [5, 5.41) is 11.4. The second-order valence-electron chi connectivity index (χ2n) is 4.37. The number of rotatable bonds is 7. The van der Waals surface area contributed by atoms with E-state index in [0.29, 0.717) is 18.5 Å². The molecule has 0 bridgehead atoms. The number of carboxylic acid groups (broad SMARTS) is 1. The molecule has 19 heavy (non-hydrogen) atoms. The Morgan fingerprint density at radius 2 is 2.00 bits per heavy atom. The molecule has 1 aromatic rings. The van der Waals surface area contributed by atoms with Crippen LogP contribution in [0.15, 0.2) is 18.2 Å². The van der Waals surface area contributed by atoms with Crippen molar-refractivity contribution in [3.05, 3.63) is 32.9 Å². The SMILES string of the molecule is Cc1c(I)cccc1C(=O)NCCCCCC(=O)O. The molecule has 1 aromatic carbocycles. The summed E-state index contributed by atoms with van der Waals surface area (Å²) in [5.74, 6) is -0.826. The Bertz CT molecular complexity index is 460. The fourth-order valence-electron chi connectivity index (χ4n) is 1.73. The van der Waals surface area contributed by atoms with Gasteiger partial charge in [0.1, 0.15) is 0 Å². The number of halogens is 1. The van der Waals surface area contributed by atoms with Crippen LogP contribution in [-0.4, -0.2) is 23.5 Å². The second kappa shape index (κ2) is 8.14. The number of hydrogen-bond donors (Lipinski definition) is 2. The first-order valence-corrected chi connectivity index (χ1v) is 7.35. The van der Waals surface area contributed by atoms with Crippen LogP contribution in [0, 0.1) is 10.5 Å². The monoisotopic (exact) mass is 375 g/mol. The molecule has 0 saturated carbocycles. The van der Waals surface area contributed by atoms with Gasteiger partial charge in [-0.15, -0.1) is 0 Å². The number of carbonyl (C=O) groups is 2. The van der Waals surface area contributed by atoms with Crippen LogP contribution in [0.5, 0.6) is 0 Å². The summed E-state index contributed by atoms with van der Waals surface area (Å²) in [5.41, 5.74) is 1.70. The lowest BCUT2D eigenvalue weighted by Crippen LogP contribution is -2.25. The van der Waals surface area contributed by atoms with Crippen molar-refractivity contribution in [2.75, 3.05) is 6.54 Å². The summed E-state index contributed by atoms with van der Waals surface area (Å²) in [4.78, 5) is 22.3. The highest BCUT2D eigenvalue weighted by atomic mass is 127. The van der Waals surface area contributed by atoms with E-state index in [9.17, 15) is 9.59 Å². The number of aliphatic carboxylic acids is 1. The maximum atomic E-state index is 12.0. The molecule has 0 radical (unpaired) electrons. The Kier molecular flexibility index (Phi) is 6.83. The number of hydrogen-bond acceptors (Lipinski definition) is 2. The van der Waals surface area contributed by atoms with E-state index in [1.54, 1.807) is 0 Å². The average molecular weight is 375 g/mol. The van der Waals surface area contributed by atoms with Crippen molar-refractivity contribution in [3.63, 3.8) is 0 Å². The van der Waals surface area contributed by atoms with E-state index in [4.69, 9.17) is 5.11 Å². The van der Waals surface area contributed by atoms with Crippen molar-refractivity contribution < 1.29 is 14.7 Å². The van der Waals surface area contributed by atoms with E-state index >= 15 is 0 Å². The molecule has 0 unspecified atom stereocenters. The van der Waals surface area contributed by atoms with Crippen molar-refractivity contribution in [1.82, 2.24) is 5.32 Å². The van der Waals surface area contributed by atoms with Gasteiger partial charge >= 0.3 is 5.97 Å². The molecule has 1 amide bonds. The first kappa shape index (κ1) is 15.9. The molecule has 104 valence electrons. The number of nitrogens with one attached hydrogen (secondary N) is 1. The normalized spacial score (nSPS) is 10.2. The summed E-state index contributed by atoms with van der Waals surface area (Å²) in [7, 11) is 0. The molecule has 0 aliphatic carbocycles. The smallest absolute Gasteiger partial charge is 0.303 e. The lowest BCUT2D eigenvalue weighted by atomic mass is 10.1. The van der Waals surface area contributed by atoms with Gasteiger partial charge in [0.2, 0.25) is 0 Å². The lowest BCUT2D eigenvalue weighted by molar-refractivity contribution is -0.137. The standard InChI is InChI=1S/C14H18INO3/c1-10-11(6-5-7-12(10)15)14(19)16-9-4-2-3-8-13(17)18/h5-7H,2-4,8-9H2,1H3,(H,16,19)(H,17,18). The van der Waals surface area contributed by atoms with E-state index in [-0.39, 0.29) is 12.3 Å². The summed E-state index contributed by atoms with van der Waals surface area (Å²) in [6.45, 7) is 2.52. The molecule has 5 heteroatoms. The summed E-state index contributed by atoms with van der Waals surface area (Å²) >= 11 is 2.21. The van der Waals surface area contributed by atoms with Crippen molar-refractivity contribution in [3.8, 4) is 0 Å². The highest BCUT2D eigenvalue weighted by Crippen LogP contribution is 2.15. The summed E-state index contributed by atoms with van der Waals surface area (Å²) in [6.07, 6.45) is 2.48. The van der Waals surface area contributed by atoms with Crippen molar-refractivity contribution >= 4 is 34.5 Å². The van der Waals surface area contributed by atoms with Gasteiger partial charge in [-0.25, -0.2) is 0 Å². The van der Waals surface area contributed by atoms with Crippen LogP contribution < -0.4 is 5.32 Å². The zero-order valence-corrected chi connectivity index (χ0v) is 13.1. The molecule has 0 aliphatic heterocycles. The minimum Gasteiger partial charge on any atom is -0.481 e. The number of unbranched alkanes of at least 4 members (excludes halogenated alkanes) is 2. The lowest BCUT2D eigenvalue weighted by Gasteiger charge is -2.08. The Morgan fingerprint density at radius 1 is 1.26 bits per heavy atom. The third-order valence-electron chi connectivity index (χ3n) is 2.87. The van der Waals surface area contributed by atoms with Crippen LogP contribution in [0.3, 0.4) is 0 Å². The van der Waals surface area contributed by atoms with Crippen LogP contribution in [0.25, 0.3) is 0 Å². The molecule has 0 heterocycles. The zero-order valence-electron chi connectivity index (χ0n) is 10.9. The van der Waals surface area contributed by atoms with Crippen molar-refractivity contribution in [1.29, 1.82) is 0 Å². The number of carboxylic acids is 1. The van der Waals surface area contributed by atoms with Gasteiger partial charge in [-0.3, -0.25) is 9.59 Å². The average Bonchev–Trinajstić information content (AvgIpc) is 2.36. The van der Waals surface area contributed by atoms with Gasteiger partial charge in [-0.2, -0.15) is 0 Å². The van der Waals surface area contributed by atoms with Gasteiger partial charge in [-0.05, 0) is 60.1 Å². The second-order valence-corrected chi connectivity index (χ2v) is 5.53. The van der Waals surface area contributed by atoms with Gasteiger partial charge in [0, 0.05) is 22.1 Å². The third kappa shape index (κ3) is 5.59. The molecule has 0 aliphatic rings. The Morgan fingerprint density at radius 3 is 2.68 bits per heavy atom. The van der Waals surface area contributed by atoms with Crippen LogP contribution in [0.1, 0.15) is 41.6 Å². The summed E-state index contributed by atoms with van der Waals surface area (Å²) < 4.78 is 1.08. The predicted octanol–water partition coefficient (Wildman–Crippen LogP) is 2.97. The molecule has 0 aromatic heterocycles. The molecule has 0 saturated heterocycles. The Labute approximate surface area is 126 Å². The minimum absolute atomic E-state index is 0.0609. The van der Waals surface area contributed by atoms with Gasteiger partial charge in [0.15, 0.2) is 0 Å². The first-order chi connectivity index (χ1) is 9.02. The van der Waals surface area contributed by atoms with Gasteiger partial charge in [0.25, 0.3) is 5.91 Å². The largest absolute Gasteiger partial charge is 0.481 e. The van der Waals surface area contributed by atoms with Gasteiger partial charge < -0.3 is 10.4 Å².